The minimum atomic E-state index is 0.281. The summed E-state index contributed by atoms with van der Waals surface area (Å²) in [4.78, 5) is 0. The predicted molar refractivity (Wildman–Crippen MR) is 34.0 cm³/mol. The van der Waals surface area contributed by atoms with E-state index in [0.717, 1.165) is 5.69 Å². The van der Waals surface area contributed by atoms with E-state index in [1.54, 1.807) is 6.26 Å². The number of nitrogens with one attached hydrogen (secondary N) is 1. The van der Waals surface area contributed by atoms with Crippen LogP contribution in [0.4, 0.5) is 0 Å². The molecule has 0 radical (unpaired) electrons. The third kappa shape index (κ3) is 1.29. The molecule has 0 saturated carbocycles. The minimum Gasteiger partial charge on any atom is -0.364 e. The lowest BCUT2D eigenvalue weighted by Gasteiger charge is -2.02. The van der Waals surface area contributed by atoms with E-state index in [4.69, 9.17) is 0 Å². The van der Waals surface area contributed by atoms with E-state index < -0.39 is 0 Å². The van der Waals surface area contributed by atoms with Gasteiger partial charge in [-0.2, -0.15) is 0 Å². The summed E-state index contributed by atoms with van der Waals surface area (Å²) in [6.07, 6.45) is 1.57. The highest BCUT2D eigenvalue weighted by Crippen LogP contribution is 2.06. The fourth-order valence-electron chi connectivity index (χ4n) is 0.593. The average Bonchev–Trinajstić information content (AvgIpc) is 2.37. The average molecular weight is 126 g/mol. The highest BCUT2D eigenvalue weighted by molar-refractivity contribution is 5.00. The number of aromatic nitrogens is 1. The minimum absolute atomic E-state index is 0.281. The van der Waals surface area contributed by atoms with E-state index in [0.29, 0.717) is 0 Å². The second-order valence-electron chi connectivity index (χ2n) is 1.93. The van der Waals surface area contributed by atoms with Gasteiger partial charge >= 0.3 is 0 Å². The maximum Gasteiger partial charge on any atom is 0.124 e. The van der Waals surface area contributed by atoms with Crippen molar-refractivity contribution >= 4 is 0 Å². The van der Waals surface area contributed by atoms with Crippen LogP contribution >= 0.6 is 0 Å². The lowest BCUT2D eigenvalue weighted by atomic mass is 10.2. The summed E-state index contributed by atoms with van der Waals surface area (Å²) in [5, 5.41) is 6.79. The number of hydrogen-bond acceptors (Lipinski definition) is 3. The Bertz CT molecular complexity index is 160. The zero-order chi connectivity index (χ0) is 6.69. The smallest absolute Gasteiger partial charge is 0.124 e. The third-order valence-corrected chi connectivity index (χ3v) is 1.33. The number of rotatable bonds is 2. The first-order valence-electron chi connectivity index (χ1n) is 2.92. The van der Waals surface area contributed by atoms with E-state index >= 15 is 0 Å². The molecule has 50 valence electrons. The summed E-state index contributed by atoms with van der Waals surface area (Å²) >= 11 is 0. The van der Waals surface area contributed by atoms with Gasteiger partial charge in [0.05, 0.1) is 0 Å². The monoisotopic (exact) mass is 126 g/mol. The zero-order valence-corrected chi connectivity index (χ0v) is 5.59. The summed E-state index contributed by atoms with van der Waals surface area (Å²) in [5.74, 6) is 0. The quantitative estimate of drug-likeness (QED) is 0.641. The van der Waals surface area contributed by atoms with E-state index in [2.05, 4.69) is 15.0 Å². The molecule has 0 unspecified atom stereocenters. The first-order valence-corrected chi connectivity index (χ1v) is 2.92. The molecule has 1 atom stereocenters. The molecule has 0 amide bonds. The van der Waals surface area contributed by atoms with Crippen molar-refractivity contribution in [2.75, 3.05) is 7.05 Å². The van der Waals surface area contributed by atoms with Gasteiger partial charge in [0.1, 0.15) is 12.0 Å². The van der Waals surface area contributed by atoms with Crippen molar-refractivity contribution in [3.8, 4) is 0 Å². The standard InChI is InChI=1S/C6H10N2O/c1-5(7-2)6-3-4-9-8-6/h3-5,7H,1-2H3/t5-/m1/s1. The molecule has 0 bridgehead atoms. The summed E-state index contributed by atoms with van der Waals surface area (Å²) < 4.78 is 4.65. The van der Waals surface area contributed by atoms with Crippen LogP contribution in [0.3, 0.4) is 0 Å². The Morgan fingerprint density at radius 2 is 2.56 bits per heavy atom. The fourth-order valence-corrected chi connectivity index (χ4v) is 0.593. The van der Waals surface area contributed by atoms with E-state index in [1.165, 1.54) is 0 Å². The Hall–Kier alpha value is -0.830. The fraction of sp³-hybridized carbons (Fsp3) is 0.500. The Labute approximate surface area is 54.0 Å². The van der Waals surface area contributed by atoms with Crippen LogP contribution in [-0.4, -0.2) is 12.2 Å². The molecule has 1 rings (SSSR count). The Kier molecular flexibility index (Phi) is 1.85. The van der Waals surface area contributed by atoms with Gasteiger partial charge in [0.15, 0.2) is 0 Å². The van der Waals surface area contributed by atoms with Crippen molar-refractivity contribution in [2.45, 2.75) is 13.0 Å². The normalized spacial score (nSPS) is 13.6. The molecular weight excluding hydrogens is 116 g/mol. The van der Waals surface area contributed by atoms with Crippen LogP contribution < -0.4 is 5.32 Å². The second-order valence-corrected chi connectivity index (χ2v) is 1.93. The molecule has 1 aromatic rings. The van der Waals surface area contributed by atoms with E-state index in [1.807, 2.05) is 20.0 Å². The van der Waals surface area contributed by atoms with Crippen LogP contribution in [0.25, 0.3) is 0 Å². The van der Waals surface area contributed by atoms with Gasteiger partial charge in [-0.3, -0.25) is 0 Å². The molecule has 0 aliphatic carbocycles. The maximum atomic E-state index is 4.65. The summed E-state index contributed by atoms with van der Waals surface area (Å²) in [5.41, 5.74) is 0.942. The molecule has 1 aromatic heterocycles. The molecule has 0 fully saturated rings. The number of nitrogens with zero attached hydrogens (tertiary/aromatic N) is 1. The molecule has 0 aliphatic rings. The van der Waals surface area contributed by atoms with E-state index in [9.17, 15) is 0 Å². The van der Waals surface area contributed by atoms with Crippen molar-refractivity contribution in [3.63, 3.8) is 0 Å². The summed E-state index contributed by atoms with van der Waals surface area (Å²) in [6, 6.07) is 2.13. The van der Waals surface area contributed by atoms with Gasteiger partial charge in [0.25, 0.3) is 0 Å². The molecule has 0 saturated heterocycles. The van der Waals surface area contributed by atoms with Crippen molar-refractivity contribution in [1.29, 1.82) is 0 Å². The van der Waals surface area contributed by atoms with Crippen molar-refractivity contribution < 1.29 is 4.52 Å². The van der Waals surface area contributed by atoms with Crippen molar-refractivity contribution in [1.82, 2.24) is 10.5 Å². The summed E-state index contributed by atoms with van der Waals surface area (Å²) in [7, 11) is 1.89. The first kappa shape index (κ1) is 6.29. The third-order valence-electron chi connectivity index (χ3n) is 1.33. The molecule has 3 nitrogen and oxygen atoms in total. The Morgan fingerprint density at radius 3 is 3.00 bits per heavy atom. The van der Waals surface area contributed by atoms with E-state index in [-0.39, 0.29) is 6.04 Å². The molecule has 0 spiro atoms. The molecule has 1 N–H and O–H groups in total. The lowest BCUT2D eigenvalue weighted by molar-refractivity contribution is 0.402. The summed E-state index contributed by atoms with van der Waals surface area (Å²) in [6.45, 7) is 2.03. The molecule has 0 aliphatic heterocycles. The van der Waals surface area contributed by atoms with Crippen molar-refractivity contribution in [3.05, 3.63) is 18.0 Å². The topological polar surface area (TPSA) is 38.1 Å². The van der Waals surface area contributed by atoms with Gasteiger partial charge in [0.2, 0.25) is 0 Å². The Morgan fingerprint density at radius 1 is 1.78 bits per heavy atom. The van der Waals surface area contributed by atoms with Crippen LogP contribution in [0.15, 0.2) is 16.9 Å². The zero-order valence-electron chi connectivity index (χ0n) is 5.59. The van der Waals surface area contributed by atoms with Gasteiger partial charge in [-0.05, 0) is 14.0 Å². The molecular formula is C6H10N2O. The second kappa shape index (κ2) is 2.64. The Balaban J connectivity index is 2.65. The van der Waals surface area contributed by atoms with Gasteiger partial charge < -0.3 is 9.84 Å². The lowest BCUT2D eigenvalue weighted by Crippen LogP contribution is -2.12. The van der Waals surface area contributed by atoms with Crippen molar-refractivity contribution in [2.24, 2.45) is 0 Å². The highest BCUT2D eigenvalue weighted by Gasteiger charge is 2.03. The molecule has 3 heteroatoms. The maximum absolute atomic E-state index is 4.65. The van der Waals surface area contributed by atoms with Crippen LogP contribution in [0, 0.1) is 0 Å². The molecule has 0 aromatic carbocycles. The van der Waals surface area contributed by atoms with Crippen LogP contribution in [0.1, 0.15) is 18.7 Å². The van der Waals surface area contributed by atoms with Gasteiger partial charge in [-0.15, -0.1) is 0 Å². The first-order chi connectivity index (χ1) is 4.34. The van der Waals surface area contributed by atoms with Crippen LogP contribution in [-0.2, 0) is 0 Å². The van der Waals surface area contributed by atoms with Gasteiger partial charge in [-0.1, -0.05) is 5.16 Å². The molecule has 1 heterocycles. The number of hydrogen-bond donors (Lipinski definition) is 1. The predicted octanol–water partition coefficient (Wildman–Crippen LogP) is 0.955. The largest absolute Gasteiger partial charge is 0.364 e. The van der Waals surface area contributed by atoms with Gasteiger partial charge in [0, 0.05) is 12.1 Å². The van der Waals surface area contributed by atoms with Crippen LogP contribution in [0.5, 0.6) is 0 Å². The molecule has 9 heavy (non-hydrogen) atoms. The highest BCUT2D eigenvalue weighted by atomic mass is 16.5. The van der Waals surface area contributed by atoms with Crippen LogP contribution in [0.2, 0.25) is 0 Å². The SMILES string of the molecule is CN[C@H](C)c1ccon1. The van der Waals surface area contributed by atoms with Gasteiger partial charge in [-0.25, -0.2) is 0 Å².